The third kappa shape index (κ3) is 3.14. The maximum absolute atomic E-state index is 12.1. The van der Waals surface area contributed by atoms with E-state index in [1.165, 1.54) is 0 Å². The Morgan fingerprint density at radius 1 is 1.62 bits per heavy atom. The minimum absolute atomic E-state index is 0.0141. The van der Waals surface area contributed by atoms with Crippen molar-refractivity contribution in [1.29, 1.82) is 0 Å². The number of likely N-dealkylation sites (tertiary alicyclic amines) is 1. The molecule has 1 aliphatic heterocycles. The van der Waals surface area contributed by atoms with Crippen molar-refractivity contribution in [1.82, 2.24) is 4.90 Å². The number of rotatable bonds is 5. The van der Waals surface area contributed by atoms with Crippen molar-refractivity contribution in [2.45, 2.75) is 31.7 Å². The fourth-order valence-electron chi connectivity index (χ4n) is 2.72. The van der Waals surface area contributed by atoms with Crippen LogP contribution in [0.25, 0.3) is 10.4 Å². The molecule has 7 heteroatoms. The number of azide groups is 1. The van der Waals surface area contributed by atoms with Gasteiger partial charge in [-0.15, -0.1) is 0 Å². The van der Waals surface area contributed by atoms with E-state index in [1.54, 1.807) is 23.1 Å². The van der Waals surface area contributed by atoms with Crippen molar-refractivity contribution in [3.05, 3.63) is 40.3 Å². The first-order chi connectivity index (χ1) is 10.1. The lowest BCUT2D eigenvalue weighted by Gasteiger charge is -2.24. The molecule has 21 heavy (non-hydrogen) atoms. The standard InChI is InChI=1S/C14H17N5O2/c1-2-12(14(15)21)19-8-10(7-13(19)20)9-4-3-5-11(6-9)17-18-16/h3-6,10,12H,2,7-8H2,1H3,(H2,15,21). The number of nitrogens with two attached hydrogens (primary N) is 1. The Labute approximate surface area is 122 Å². The third-order valence-electron chi connectivity index (χ3n) is 3.75. The van der Waals surface area contributed by atoms with E-state index >= 15 is 0 Å². The maximum Gasteiger partial charge on any atom is 0.240 e. The second-order valence-electron chi connectivity index (χ2n) is 5.06. The van der Waals surface area contributed by atoms with Crippen LogP contribution in [0.3, 0.4) is 0 Å². The van der Waals surface area contributed by atoms with E-state index in [0.717, 1.165) is 5.56 Å². The van der Waals surface area contributed by atoms with E-state index in [2.05, 4.69) is 10.0 Å². The molecule has 2 unspecified atom stereocenters. The topological polar surface area (TPSA) is 112 Å². The van der Waals surface area contributed by atoms with Crippen molar-refractivity contribution < 1.29 is 9.59 Å². The van der Waals surface area contributed by atoms with Crippen LogP contribution in [0.4, 0.5) is 5.69 Å². The maximum atomic E-state index is 12.1. The summed E-state index contributed by atoms with van der Waals surface area (Å²) in [5, 5.41) is 3.56. The van der Waals surface area contributed by atoms with E-state index < -0.39 is 11.9 Å². The molecule has 110 valence electrons. The van der Waals surface area contributed by atoms with Crippen LogP contribution in [0.2, 0.25) is 0 Å². The van der Waals surface area contributed by atoms with Gasteiger partial charge in [-0.3, -0.25) is 9.59 Å². The van der Waals surface area contributed by atoms with E-state index in [0.29, 0.717) is 25.1 Å². The van der Waals surface area contributed by atoms with Gasteiger partial charge in [0.2, 0.25) is 11.8 Å². The highest BCUT2D eigenvalue weighted by molar-refractivity contribution is 5.88. The monoisotopic (exact) mass is 287 g/mol. The van der Waals surface area contributed by atoms with Crippen LogP contribution in [0.15, 0.2) is 29.4 Å². The second kappa shape index (κ2) is 6.28. The summed E-state index contributed by atoms with van der Waals surface area (Å²) in [6, 6.07) is 6.60. The summed E-state index contributed by atoms with van der Waals surface area (Å²) in [5.74, 6) is -0.561. The zero-order chi connectivity index (χ0) is 15.4. The first-order valence-electron chi connectivity index (χ1n) is 6.80. The molecule has 1 heterocycles. The normalized spacial score (nSPS) is 19.2. The molecule has 2 atom stereocenters. The van der Waals surface area contributed by atoms with Gasteiger partial charge in [-0.05, 0) is 23.6 Å². The molecular weight excluding hydrogens is 270 g/mol. The zero-order valence-electron chi connectivity index (χ0n) is 11.8. The number of hydrogen-bond donors (Lipinski definition) is 1. The van der Waals surface area contributed by atoms with Gasteiger partial charge in [0, 0.05) is 29.5 Å². The molecule has 0 saturated carbocycles. The molecule has 0 aliphatic carbocycles. The Bertz CT molecular complexity index is 609. The number of carbonyl (C=O) groups excluding carboxylic acids is 2. The lowest BCUT2D eigenvalue weighted by molar-refractivity contribution is -0.136. The summed E-state index contributed by atoms with van der Waals surface area (Å²) in [6.45, 7) is 2.29. The molecule has 1 aliphatic rings. The summed E-state index contributed by atoms with van der Waals surface area (Å²) in [4.78, 5) is 27.8. The van der Waals surface area contributed by atoms with Crippen LogP contribution >= 0.6 is 0 Å². The van der Waals surface area contributed by atoms with Crippen LogP contribution in [-0.4, -0.2) is 29.3 Å². The highest BCUT2D eigenvalue weighted by atomic mass is 16.2. The Morgan fingerprint density at radius 2 is 2.38 bits per heavy atom. The summed E-state index contributed by atoms with van der Waals surface area (Å²) < 4.78 is 0. The summed E-state index contributed by atoms with van der Waals surface area (Å²) in [5.41, 5.74) is 15.3. The van der Waals surface area contributed by atoms with Crippen molar-refractivity contribution in [3.63, 3.8) is 0 Å². The number of carbonyl (C=O) groups is 2. The zero-order valence-corrected chi connectivity index (χ0v) is 11.8. The molecule has 2 N–H and O–H groups in total. The average Bonchev–Trinajstić information content (AvgIpc) is 2.82. The van der Waals surface area contributed by atoms with Crippen molar-refractivity contribution in [2.75, 3.05) is 6.54 Å². The van der Waals surface area contributed by atoms with Gasteiger partial charge in [0.25, 0.3) is 0 Å². The van der Waals surface area contributed by atoms with E-state index in [9.17, 15) is 9.59 Å². The van der Waals surface area contributed by atoms with Gasteiger partial charge in [-0.1, -0.05) is 30.2 Å². The average molecular weight is 287 g/mol. The largest absolute Gasteiger partial charge is 0.368 e. The van der Waals surface area contributed by atoms with Gasteiger partial charge < -0.3 is 10.6 Å². The molecule has 0 aromatic heterocycles. The first-order valence-corrected chi connectivity index (χ1v) is 6.80. The lowest BCUT2D eigenvalue weighted by Crippen LogP contribution is -2.45. The minimum Gasteiger partial charge on any atom is -0.368 e. The predicted molar refractivity (Wildman–Crippen MR) is 77.6 cm³/mol. The molecule has 1 fully saturated rings. The van der Waals surface area contributed by atoms with E-state index in [1.807, 2.05) is 13.0 Å². The lowest BCUT2D eigenvalue weighted by atomic mass is 9.98. The number of primary amides is 1. The van der Waals surface area contributed by atoms with Gasteiger partial charge in [-0.25, -0.2) is 0 Å². The highest BCUT2D eigenvalue weighted by Gasteiger charge is 2.36. The van der Waals surface area contributed by atoms with Crippen LogP contribution in [0.5, 0.6) is 0 Å². The Hall–Kier alpha value is -2.53. The van der Waals surface area contributed by atoms with Gasteiger partial charge in [0.1, 0.15) is 6.04 Å². The molecule has 0 radical (unpaired) electrons. The van der Waals surface area contributed by atoms with Gasteiger partial charge in [0.15, 0.2) is 0 Å². The molecule has 2 rings (SSSR count). The fraction of sp³-hybridized carbons (Fsp3) is 0.429. The summed E-state index contributed by atoms with van der Waals surface area (Å²) in [6.07, 6.45) is 0.843. The van der Waals surface area contributed by atoms with Crippen molar-refractivity contribution in [3.8, 4) is 0 Å². The number of hydrogen-bond acceptors (Lipinski definition) is 3. The van der Waals surface area contributed by atoms with Gasteiger partial charge in [-0.2, -0.15) is 0 Å². The Morgan fingerprint density at radius 3 is 3.00 bits per heavy atom. The van der Waals surface area contributed by atoms with Gasteiger partial charge in [0.05, 0.1) is 0 Å². The predicted octanol–water partition coefficient (Wildman–Crippen LogP) is 2.21. The van der Waals surface area contributed by atoms with Crippen LogP contribution in [0, 0.1) is 0 Å². The second-order valence-corrected chi connectivity index (χ2v) is 5.06. The third-order valence-corrected chi connectivity index (χ3v) is 3.75. The molecule has 0 bridgehead atoms. The molecule has 0 spiro atoms. The summed E-state index contributed by atoms with van der Waals surface area (Å²) in [7, 11) is 0. The molecular formula is C14H17N5O2. The van der Waals surface area contributed by atoms with E-state index in [-0.39, 0.29) is 11.8 Å². The molecule has 1 aromatic carbocycles. The Balaban J connectivity index is 2.21. The number of nitrogens with zero attached hydrogens (tertiary/aromatic N) is 4. The van der Waals surface area contributed by atoms with Crippen molar-refractivity contribution in [2.24, 2.45) is 10.8 Å². The van der Waals surface area contributed by atoms with Crippen molar-refractivity contribution >= 4 is 17.5 Å². The molecule has 1 aromatic rings. The van der Waals surface area contributed by atoms with E-state index in [4.69, 9.17) is 11.3 Å². The first kappa shape index (κ1) is 14.9. The van der Waals surface area contributed by atoms with Gasteiger partial charge >= 0.3 is 0 Å². The smallest absolute Gasteiger partial charge is 0.240 e. The van der Waals surface area contributed by atoms with Crippen LogP contribution < -0.4 is 5.73 Å². The minimum atomic E-state index is -0.553. The fourth-order valence-corrected chi connectivity index (χ4v) is 2.72. The van der Waals surface area contributed by atoms with Crippen LogP contribution in [-0.2, 0) is 9.59 Å². The number of amides is 2. The number of benzene rings is 1. The molecule has 2 amide bonds. The highest BCUT2D eigenvalue weighted by Crippen LogP contribution is 2.31. The summed E-state index contributed by atoms with van der Waals surface area (Å²) >= 11 is 0. The quantitative estimate of drug-likeness (QED) is 0.508. The van der Waals surface area contributed by atoms with Crippen LogP contribution in [0.1, 0.15) is 31.2 Å². The molecule has 1 saturated heterocycles. The molecule has 7 nitrogen and oxygen atoms in total. The Kier molecular flexibility index (Phi) is 4.45. The SMILES string of the molecule is CCC(C(N)=O)N1CC(c2cccc(N=[N+]=[N-])c2)CC1=O.